The summed E-state index contributed by atoms with van der Waals surface area (Å²) in [5, 5.41) is 6.26. The third kappa shape index (κ3) is 2.92. The summed E-state index contributed by atoms with van der Waals surface area (Å²) < 4.78 is 4.87. The Labute approximate surface area is 109 Å². The highest BCUT2D eigenvalue weighted by Gasteiger charge is 2.06. The second-order valence-electron chi connectivity index (χ2n) is 3.60. The molecule has 0 unspecified atom stereocenters. The SMILES string of the molecule is NC(=S)c1ccc(C(=O)NCc2ccno2)cc1. The molecule has 2 rings (SSSR count). The van der Waals surface area contributed by atoms with Crippen LogP contribution in [0, 0.1) is 0 Å². The van der Waals surface area contributed by atoms with Gasteiger partial charge < -0.3 is 15.6 Å². The van der Waals surface area contributed by atoms with Crippen LogP contribution >= 0.6 is 12.2 Å². The van der Waals surface area contributed by atoms with E-state index in [0.717, 1.165) is 5.56 Å². The van der Waals surface area contributed by atoms with Gasteiger partial charge in [-0.05, 0) is 12.1 Å². The Kier molecular flexibility index (Phi) is 3.69. The first kappa shape index (κ1) is 12.3. The molecular formula is C12H11N3O2S. The monoisotopic (exact) mass is 261 g/mol. The van der Waals surface area contributed by atoms with Crippen molar-refractivity contribution >= 4 is 23.1 Å². The summed E-state index contributed by atoms with van der Waals surface area (Å²) >= 11 is 4.83. The predicted octanol–water partition coefficient (Wildman–Crippen LogP) is 1.24. The molecule has 3 N–H and O–H groups in total. The molecule has 2 aromatic rings. The minimum Gasteiger partial charge on any atom is -0.389 e. The fraction of sp³-hybridized carbons (Fsp3) is 0.0833. The Bertz CT molecular complexity index is 549. The molecular weight excluding hydrogens is 250 g/mol. The fourth-order valence-electron chi connectivity index (χ4n) is 1.39. The van der Waals surface area contributed by atoms with E-state index in [-0.39, 0.29) is 5.91 Å². The average Bonchev–Trinajstić information content (AvgIpc) is 2.89. The minimum atomic E-state index is -0.194. The summed E-state index contributed by atoms with van der Waals surface area (Å²) in [5.41, 5.74) is 6.74. The van der Waals surface area contributed by atoms with Crippen molar-refractivity contribution in [2.24, 2.45) is 5.73 Å². The number of carbonyl (C=O) groups excluding carboxylic acids is 1. The summed E-state index contributed by atoms with van der Waals surface area (Å²) in [6.45, 7) is 0.301. The van der Waals surface area contributed by atoms with Crippen LogP contribution in [-0.4, -0.2) is 16.1 Å². The molecule has 0 saturated carbocycles. The third-order valence-electron chi connectivity index (χ3n) is 2.35. The maximum absolute atomic E-state index is 11.8. The lowest BCUT2D eigenvalue weighted by Crippen LogP contribution is -2.22. The van der Waals surface area contributed by atoms with Crippen molar-refractivity contribution in [1.29, 1.82) is 0 Å². The molecule has 0 aliphatic carbocycles. The zero-order valence-electron chi connectivity index (χ0n) is 9.42. The lowest BCUT2D eigenvalue weighted by Gasteiger charge is -2.04. The number of nitrogens with one attached hydrogen (secondary N) is 1. The average molecular weight is 261 g/mol. The highest BCUT2D eigenvalue weighted by atomic mass is 32.1. The number of nitrogens with two attached hydrogens (primary N) is 1. The Balaban J connectivity index is 1.98. The normalized spacial score (nSPS) is 10.0. The van der Waals surface area contributed by atoms with Crippen LogP contribution in [0.5, 0.6) is 0 Å². The first-order valence-electron chi connectivity index (χ1n) is 5.24. The molecule has 0 fully saturated rings. The van der Waals surface area contributed by atoms with E-state index < -0.39 is 0 Å². The van der Waals surface area contributed by atoms with Crippen LogP contribution in [0.4, 0.5) is 0 Å². The Morgan fingerprint density at radius 1 is 1.28 bits per heavy atom. The van der Waals surface area contributed by atoms with E-state index in [1.54, 1.807) is 30.3 Å². The number of nitrogens with zero attached hydrogens (tertiary/aromatic N) is 1. The number of hydrogen-bond acceptors (Lipinski definition) is 4. The van der Waals surface area contributed by atoms with E-state index in [2.05, 4.69) is 10.5 Å². The first-order valence-corrected chi connectivity index (χ1v) is 5.65. The number of amides is 1. The van der Waals surface area contributed by atoms with Gasteiger partial charge in [-0.15, -0.1) is 0 Å². The molecule has 0 aliphatic rings. The summed E-state index contributed by atoms with van der Waals surface area (Å²) in [4.78, 5) is 12.1. The molecule has 6 heteroatoms. The van der Waals surface area contributed by atoms with Crippen LogP contribution in [0.15, 0.2) is 41.1 Å². The zero-order valence-corrected chi connectivity index (χ0v) is 10.2. The predicted molar refractivity (Wildman–Crippen MR) is 70.0 cm³/mol. The van der Waals surface area contributed by atoms with Gasteiger partial charge in [0.25, 0.3) is 5.91 Å². The summed E-state index contributed by atoms with van der Waals surface area (Å²) in [6.07, 6.45) is 1.53. The highest BCUT2D eigenvalue weighted by Crippen LogP contribution is 2.05. The maximum Gasteiger partial charge on any atom is 0.251 e. The summed E-state index contributed by atoms with van der Waals surface area (Å²) in [6, 6.07) is 8.46. The minimum absolute atomic E-state index is 0.194. The van der Waals surface area contributed by atoms with Crippen molar-refractivity contribution in [2.75, 3.05) is 0 Å². The summed E-state index contributed by atoms with van der Waals surface area (Å²) in [5.74, 6) is 0.406. The second kappa shape index (κ2) is 5.42. The third-order valence-corrected chi connectivity index (χ3v) is 2.58. The van der Waals surface area contributed by atoms with E-state index in [1.807, 2.05) is 0 Å². The number of rotatable bonds is 4. The molecule has 0 spiro atoms. The topological polar surface area (TPSA) is 81.2 Å². The van der Waals surface area contributed by atoms with Gasteiger partial charge in [-0.3, -0.25) is 4.79 Å². The first-order chi connectivity index (χ1) is 8.66. The Hall–Kier alpha value is -2.21. The number of thiocarbonyl (C=S) groups is 1. The van der Waals surface area contributed by atoms with E-state index in [9.17, 15) is 4.79 Å². The lowest BCUT2D eigenvalue weighted by atomic mass is 10.1. The van der Waals surface area contributed by atoms with Crippen molar-refractivity contribution in [1.82, 2.24) is 10.5 Å². The smallest absolute Gasteiger partial charge is 0.251 e. The van der Waals surface area contributed by atoms with Crippen molar-refractivity contribution in [3.05, 3.63) is 53.4 Å². The molecule has 0 aliphatic heterocycles. The van der Waals surface area contributed by atoms with Crippen molar-refractivity contribution in [3.8, 4) is 0 Å². The van der Waals surface area contributed by atoms with E-state index in [4.69, 9.17) is 22.5 Å². The molecule has 18 heavy (non-hydrogen) atoms. The van der Waals surface area contributed by atoms with E-state index in [0.29, 0.717) is 22.9 Å². The largest absolute Gasteiger partial charge is 0.389 e. The van der Waals surface area contributed by atoms with E-state index >= 15 is 0 Å². The van der Waals surface area contributed by atoms with Gasteiger partial charge in [0, 0.05) is 17.2 Å². The molecule has 1 aromatic heterocycles. The van der Waals surface area contributed by atoms with E-state index in [1.165, 1.54) is 6.20 Å². The highest BCUT2D eigenvalue weighted by molar-refractivity contribution is 7.80. The second-order valence-corrected chi connectivity index (χ2v) is 4.04. The van der Waals surface area contributed by atoms with Gasteiger partial charge in [0.1, 0.15) is 4.99 Å². The van der Waals surface area contributed by atoms with Crippen LogP contribution in [0.2, 0.25) is 0 Å². The molecule has 0 radical (unpaired) electrons. The van der Waals surface area contributed by atoms with Gasteiger partial charge in [0.15, 0.2) is 5.76 Å². The maximum atomic E-state index is 11.8. The molecule has 92 valence electrons. The lowest BCUT2D eigenvalue weighted by molar-refractivity contribution is 0.0947. The van der Waals surface area contributed by atoms with Gasteiger partial charge in [-0.2, -0.15) is 0 Å². The Morgan fingerprint density at radius 3 is 2.50 bits per heavy atom. The summed E-state index contributed by atoms with van der Waals surface area (Å²) in [7, 11) is 0. The Morgan fingerprint density at radius 2 is 1.94 bits per heavy atom. The number of hydrogen-bond donors (Lipinski definition) is 2. The molecule has 0 bridgehead atoms. The van der Waals surface area contributed by atoms with Gasteiger partial charge in [0.05, 0.1) is 12.7 Å². The standard InChI is InChI=1S/C12H11N3O2S/c13-11(18)8-1-3-9(4-2-8)12(16)14-7-10-5-6-15-17-10/h1-6H,7H2,(H2,13,18)(H,14,16). The number of benzene rings is 1. The van der Waals surface area contributed by atoms with Crippen LogP contribution in [0.25, 0.3) is 0 Å². The molecule has 1 heterocycles. The molecule has 5 nitrogen and oxygen atoms in total. The molecule has 1 aromatic carbocycles. The quantitative estimate of drug-likeness (QED) is 0.809. The van der Waals surface area contributed by atoms with Gasteiger partial charge in [0.2, 0.25) is 0 Å². The van der Waals surface area contributed by atoms with Gasteiger partial charge >= 0.3 is 0 Å². The number of carbonyl (C=O) groups is 1. The van der Waals surface area contributed by atoms with Crippen molar-refractivity contribution in [2.45, 2.75) is 6.54 Å². The van der Waals surface area contributed by atoms with Crippen LogP contribution < -0.4 is 11.1 Å². The van der Waals surface area contributed by atoms with Crippen molar-refractivity contribution < 1.29 is 9.32 Å². The van der Waals surface area contributed by atoms with Crippen LogP contribution in [-0.2, 0) is 6.54 Å². The zero-order chi connectivity index (χ0) is 13.0. The van der Waals surface area contributed by atoms with Crippen molar-refractivity contribution in [3.63, 3.8) is 0 Å². The molecule has 0 saturated heterocycles. The van der Waals surface area contributed by atoms with Gasteiger partial charge in [-0.25, -0.2) is 0 Å². The number of aromatic nitrogens is 1. The van der Waals surface area contributed by atoms with Crippen LogP contribution in [0.1, 0.15) is 21.7 Å². The molecule has 0 atom stereocenters. The van der Waals surface area contributed by atoms with Crippen LogP contribution in [0.3, 0.4) is 0 Å². The fourth-order valence-corrected chi connectivity index (χ4v) is 1.52. The molecule has 1 amide bonds. The van der Waals surface area contributed by atoms with Gasteiger partial charge in [-0.1, -0.05) is 29.5 Å².